The van der Waals surface area contributed by atoms with Crippen LogP contribution in [0, 0.1) is 11.3 Å². The fourth-order valence-electron chi connectivity index (χ4n) is 3.12. The number of sulfonamides is 1. The van der Waals surface area contributed by atoms with Crippen molar-refractivity contribution >= 4 is 27.4 Å². The summed E-state index contributed by atoms with van der Waals surface area (Å²) >= 11 is 0. The summed E-state index contributed by atoms with van der Waals surface area (Å²) < 4.78 is 32.3. The van der Waals surface area contributed by atoms with E-state index in [1.165, 1.54) is 18.2 Å². The molecule has 0 aliphatic carbocycles. The molecule has 1 aromatic carbocycles. The molecule has 0 radical (unpaired) electrons. The Morgan fingerprint density at radius 3 is 2.64 bits per heavy atom. The molecular weight excluding hydrogens is 382 g/mol. The number of rotatable bonds is 4. The van der Waals surface area contributed by atoms with E-state index in [0.29, 0.717) is 20.9 Å². The van der Waals surface area contributed by atoms with Gasteiger partial charge in [0.25, 0.3) is 15.9 Å². The lowest BCUT2D eigenvalue weighted by Crippen LogP contribution is -2.35. The number of fused-ring (bicyclic) bond motifs is 2. The first-order valence-electron chi connectivity index (χ1n) is 8.24. The van der Waals surface area contributed by atoms with Gasteiger partial charge in [0.05, 0.1) is 16.6 Å². The fourth-order valence-corrected chi connectivity index (χ4v) is 4.64. The van der Waals surface area contributed by atoms with E-state index in [1.54, 1.807) is 41.1 Å². The molecule has 1 amide bonds. The van der Waals surface area contributed by atoms with Crippen molar-refractivity contribution in [1.29, 1.82) is 5.26 Å². The third-order valence-corrected chi connectivity index (χ3v) is 6.23. The van der Waals surface area contributed by atoms with Crippen molar-refractivity contribution in [3.63, 3.8) is 0 Å². The maximum atomic E-state index is 12.5. The predicted molar refractivity (Wildman–Crippen MR) is 96.6 cm³/mol. The Kier molecular flexibility index (Phi) is 4.13. The van der Waals surface area contributed by atoms with Crippen LogP contribution in [-0.2, 0) is 26.2 Å². The van der Waals surface area contributed by atoms with Gasteiger partial charge < -0.3 is 9.14 Å². The average Bonchev–Trinajstić information content (AvgIpc) is 3.15. The molecule has 0 spiro atoms. The smallest absolute Gasteiger partial charge is 0.327 e. The molecule has 0 saturated carbocycles. The summed E-state index contributed by atoms with van der Waals surface area (Å²) in [7, 11) is -4.08. The van der Waals surface area contributed by atoms with Crippen LogP contribution in [-0.4, -0.2) is 35.5 Å². The van der Waals surface area contributed by atoms with Gasteiger partial charge in [-0.1, -0.05) is 18.2 Å². The molecule has 28 heavy (non-hydrogen) atoms. The van der Waals surface area contributed by atoms with Crippen LogP contribution in [0.2, 0.25) is 0 Å². The van der Waals surface area contributed by atoms with E-state index < -0.39 is 28.4 Å². The van der Waals surface area contributed by atoms with Gasteiger partial charge in [0.1, 0.15) is 24.1 Å². The molecule has 0 saturated heterocycles. The van der Waals surface area contributed by atoms with Gasteiger partial charge in [0.2, 0.25) is 0 Å². The van der Waals surface area contributed by atoms with Crippen molar-refractivity contribution in [3.8, 4) is 6.07 Å². The van der Waals surface area contributed by atoms with Crippen LogP contribution in [0.4, 0.5) is 0 Å². The third kappa shape index (κ3) is 2.71. The summed E-state index contributed by atoms with van der Waals surface area (Å²) in [5, 5.41) is 9.37. The van der Waals surface area contributed by atoms with Crippen LogP contribution in [0.5, 0.6) is 0 Å². The SMILES string of the molecule is N#Cc1c(COC(=O)CN2C(=O)c3ccccc3S2(=O)=O)cn2ccccc12. The van der Waals surface area contributed by atoms with Crippen molar-refractivity contribution in [2.24, 2.45) is 0 Å². The number of hydrogen-bond donors (Lipinski definition) is 0. The number of aromatic nitrogens is 1. The Morgan fingerprint density at radius 2 is 1.89 bits per heavy atom. The van der Waals surface area contributed by atoms with Gasteiger partial charge in [-0.05, 0) is 24.3 Å². The van der Waals surface area contributed by atoms with Gasteiger partial charge in [0, 0.05) is 18.0 Å². The van der Waals surface area contributed by atoms with Gasteiger partial charge in [-0.25, -0.2) is 12.7 Å². The summed E-state index contributed by atoms with van der Waals surface area (Å²) in [5.41, 5.74) is 1.55. The number of pyridine rings is 1. The number of benzene rings is 1. The van der Waals surface area contributed by atoms with Crippen LogP contribution in [0.15, 0.2) is 59.8 Å². The van der Waals surface area contributed by atoms with E-state index in [0.717, 1.165) is 0 Å². The Morgan fingerprint density at radius 1 is 1.14 bits per heavy atom. The lowest BCUT2D eigenvalue weighted by atomic mass is 10.2. The number of carbonyl (C=O) groups is 2. The maximum Gasteiger partial charge on any atom is 0.327 e. The minimum absolute atomic E-state index is 0.0285. The molecule has 0 bridgehead atoms. The topological polar surface area (TPSA) is 109 Å². The monoisotopic (exact) mass is 395 g/mol. The molecule has 9 heteroatoms. The number of amides is 1. The van der Waals surface area contributed by atoms with Crippen LogP contribution >= 0.6 is 0 Å². The van der Waals surface area contributed by atoms with Crippen LogP contribution in [0.3, 0.4) is 0 Å². The molecule has 0 atom stereocenters. The van der Waals surface area contributed by atoms with Crippen molar-refractivity contribution < 1.29 is 22.7 Å². The van der Waals surface area contributed by atoms with Gasteiger partial charge in [-0.15, -0.1) is 0 Å². The number of nitrogens with zero attached hydrogens (tertiary/aromatic N) is 3. The van der Waals surface area contributed by atoms with Crippen molar-refractivity contribution in [3.05, 3.63) is 71.5 Å². The Balaban J connectivity index is 1.51. The van der Waals surface area contributed by atoms with Crippen molar-refractivity contribution in [1.82, 2.24) is 8.71 Å². The molecule has 8 nitrogen and oxygen atoms in total. The normalized spacial score (nSPS) is 14.7. The predicted octanol–water partition coefficient (Wildman–Crippen LogP) is 1.70. The lowest BCUT2D eigenvalue weighted by Gasteiger charge is -2.14. The maximum absolute atomic E-state index is 12.5. The highest BCUT2D eigenvalue weighted by Crippen LogP contribution is 2.29. The number of carbonyl (C=O) groups excluding carboxylic acids is 2. The second kappa shape index (κ2) is 6.51. The fraction of sp³-hybridized carbons (Fsp3) is 0.105. The van der Waals surface area contributed by atoms with E-state index >= 15 is 0 Å². The van der Waals surface area contributed by atoms with Crippen molar-refractivity contribution in [2.45, 2.75) is 11.5 Å². The van der Waals surface area contributed by atoms with E-state index in [-0.39, 0.29) is 17.1 Å². The highest BCUT2D eigenvalue weighted by Gasteiger charge is 2.42. The summed E-state index contributed by atoms with van der Waals surface area (Å²) in [6.07, 6.45) is 3.42. The zero-order valence-corrected chi connectivity index (χ0v) is 15.2. The minimum Gasteiger partial charge on any atom is -0.459 e. The van der Waals surface area contributed by atoms with Gasteiger partial charge in [-0.2, -0.15) is 5.26 Å². The molecule has 2 aromatic heterocycles. The number of hydrogen-bond acceptors (Lipinski definition) is 6. The number of ether oxygens (including phenoxy) is 1. The third-order valence-electron chi connectivity index (χ3n) is 4.45. The summed E-state index contributed by atoms with van der Waals surface area (Å²) in [5.74, 6) is -1.65. The molecule has 3 heterocycles. The Bertz CT molecular complexity index is 1270. The average molecular weight is 395 g/mol. The molecule has 0 N–H and O–H groups in total. The number of esters is 1. The molecule has 4 rings (SSSR count). The Hall–Kier alpha value is -3.64. The zero-order valence-electron chi connectivity index (χ0n) is 14.4. The van der Waals surface area contributed by atoms with Gasteiger partial charge >= 0.3 is 5.97 Å². The molecule has 1 aliphatic rings. The van der Waals surface area contributed by atoms with Crippen molar-refractivity contribution in [2.75, 3.05) is 6.54 Å². The minimum atomic E-state index is -4.08. The van der Waals surface area contributed by atoms with Crippen LogP contribution < -0.4 is 0 Å². The molecule has 0 unspecified atom stereocenters. The first-order chi connectivity index (χ1) is 13.4. The molecule has 3 aromatic rings. The van der Waals surface area contributed by atoms with Gasteiger partial charge in [-0.3, -0.25) is 9.59 Å². The molecule has 1 aliphatic heterocycles. The Labute approximate surface area is 160 Å². The van der Waals surface area contributed by atoms with E-state index in [4.69, 9.17) is 4.74 Å². The van der Waals surface area contributed by atoms with Crippen LogP contribution in [0.1, 0.15) is 21.5 Å². The molecular formula is C19H13N3O5S. The first-order valence-corrected chi connectivity index (χ1v) is 9.68. The number of nitriles is 1. The second-order valence-electron chi connectivity index (χ2n) is 6.11. The quantitative estimate of drug-likeness (QED) is 0.622. The van der Waals surface area contributed by atoms with E-state index in [2.05, 4.69) is 6.07 Å². The standard InChI is InChI=1S/C19H13N3O5S/c20-9-15-13(10-21-8-4-3-6-16(15)21)12-27-18(23)11-22-19(24)14-5-1-2-7-17(14)28(22,25)26/h1-8,10H,11-12H2. The molecule has 140 valence electrons. The highest BCUT2D eigenvalue weighted by atomic mass is 32.2. The first kappa shape index (κ1) is 17.8. The second-order valence-corrected chi connectivity index (χ2v) is 7.94. The zero-order chi connectivity index (χ0) is 19.9. The molecule has 0 fully saturated rings. The highest BCUT2D eigenvalue weighted by molar-refractivity contribution is 7.90. The largest absolute Gasteiger partial charge is 0.459 e. The van der Waals surface area contributed by atoms with Crippen LogP contribution in [0.25, 0.3) is 5.52 Å². The van der Waals surface area contributed by atoms with E-state index in [1.807, 2.05) is 0 Å². The summed E-state index contributed by atoms with van der Waals surface area (Å²) in [6.45, 7) is -0.941. The van der Waals surface area contributed by atoms with Gasteiger partial charge in [0.15, 0.2) is 0 Å². The summed E-state index contributed by atoms with van der Waals surface area (Å²) in [6, 6.07) is 13.2. The van der Waals surface area contributed by atoms with E-state index in [9.17, 15) is 23.3 Å². The summed E-state index contributed by atoms with van der Waals surface area (Å²) in [4.78, 5) is 24.4. The lowest BCUT2D eigenvalue weighted by molar-refractivity contribution is -0.144.